The van der Waals surface area contributed by atoms with E-state index in [9.17, 15) is 5.11 Å². The summed E-state index contributed by atoms with van der Waals surface area (Å²) in [4.78, 5) is 0. The summed E-state index contributed by atoms with van der Waals surface area (Å²) in [5, 5.41) is 14.0. The molecule has 2 unspecified atom stereocenters. The highest BCUT2D eigenvalue weighted by atomic mass is 16.6. The molecule has 1 aromatic carbocycles. The summed E-state index contributed by atoms with van der Waals surface area (Å²) in [5.41, 5.74) is 0.872. The SMILES string of the molecule is CCCNC(C(C)C)C(O)c1ccc2c(c1)OCCO2. The third-order valence-corrected chi connectivity index (χ3v) is 3.60. The Balaban J connectivity index is 2.15. The van der Waals surface area contributed by atoms with E-state index >= 15 is 0 Å². The van der Waals surface area contributed by atoms with Crippen LogP contribution in [0.15, 0.2) is 18.2 Å². The minimum absolute atomic E-state index is 0.0394. The number of fused-ring (bicyclic) bond motifs is 1. The third-order valence-electron chi connectivity index (χ3n) is 3.60. The molecule has 0 aromatic heterocycles. The van der Waals surface area contributed by atoms with Crippen LogP contribution in [0.25, 0.3) is 0 Å². The fourth-order valence-corrected chi connectivity index (χ4v) is 2.47. The Hall–Kier alpha value is -1.26. The van der Waals surface area contributed by atoms with Gasteiger partial charge in [-0.3, -0.25) is 0 Å². The van der Waals surface area contributed by atoms with E-state index in [0.29, 0.717) is 19.1 Å². The first-order chi connectivity index (χ1) is 9.63. The molecule has 112 valence electrons. The van der Waals surface area contributed by atoms with Crippen molar-refractivity contribution in [3.05, 3.63) is 23.8 Å². The normalized spacial score (nSPS) is 17.1. The summed E-state index contributed by atoms with van der Waals surface area (Å²) >= 11 is 0. The van der Waals surface area contributed by atoms with Gasteiger partial charge in [0.15, 0.2) is 11.5 Å². The molecule has 4 nitrogen and oxygen atoms in total. The van der Waals surface area contributed by atoms with Crippen LogP contribution in [0.2, 0.25) is 0 Å². The van der Waals surface area contributed by atoms with Gasteiger partial charge in [0.1, 0.15) is 13.2 Å². The molecule has 0 amide bonds. The van der Waals surface area contributed by atoms with E-state index < -0.39 is 6.10 Å². The predicted octanol–water partition coefficient (Wildman–Crippen LogP) is 2.52. The minimum atomic E-state index is -0.544. The zero-order valence-electron chi connectivity index (χ0n) is 12.6. The van der Waals surface area contributed by atoms with Crippen molar-refractivity contribution in [1.29, 1.82) is 0 Å². The summed E-state index contributed by atoms with van der Waals surface area (Å²) in [6.45, 7) is 8.42. The highest BCUT2D eigenvalue weighted by Crippen LogP contribution is 2.34. The first-order valence-electron chi connectivity index (χ1n) is 7.44. The molecular formula is C16H25NO3. The second-order valence-electron chi connectivity index (χ2n) is 5.57. The lowest BCUT2D eigenvalue weighted by molar-refractivity contribution is 0.104. The average Bonchev–Trinajstić information content (AvgIpc) is 2.46. The topological polar surface area (TPSA) is 50.7 Å². The molecule has 1 heterocycles. The molecule has 1 aliphatic heterocycles. The van der Waals surface area contributed by atoms with Gasteiger partial charge in [-0.25, -0.2) is 0 Å². The summed E-state index contributed by atoms with van der Waals surface area (Å²) < 4.78 is 11.1. The van der Waals surface area contributed by atoms with Crippen molar-refractivity contribution in [3.8, 4) is 11.5 Å². The number of hydrogen-bond acceptors (Lipinski definition) is 4. The standard InChI is InChI=1S/C16H25NO3/c1-4-7-17-15(11(2)3)16(18)12-5-6-13-14(10-12)20-9-8-19-13/h5-6,10-11,15-18H,4,7-9H2,1-3H3. The van der Waals surface area contributed by atoms with Gasteiger partial charge in [-0.2, -0.15) is 0 Å². The Morgan fingerprint density at radius 2 is 1.90 bits per heavy atom. The van der Waals surface area contributed by atoms with Crippen molar-refractivity contribution in [2.24, 2.45) is 5.92 Å². The Morgan fingerprint density at radius 1 is 1.20 bits per heavy atom. The molecule has 0 spiro atoms. The van der Waals surface area contributed by atoms with E-state index in [0.717, 1.165) is 30.0 Å². The van der Waals surface area contributed by atoms with Crippen molar-refractivity contribution in [2.75, 3.05) is 19.8 Å². The molecule has 0 saturated heterocycles. The maximum absolute atomic E-state index is 10.6. The summed E-state index contributed by atoms with van der Waals surface area (Å²) in [6.07, 6.45) is 0.509. The van der Waals surface area contributed by atoms with Gasteiger partial charge in [-0.1, -0.05) is 26.8 Å². The van der Waals surface area contributed by atoms with E-state index in [1.807, 2.05) is 18.2 Å². The highest BCUT2D eigenvalue weighted by Gasteiger charge is 2.25. The van der Waals surface area contributed by atoms with Crippen LogP contribution in [-0.2, 0) is 0 Å². The van der Waals surface area contributed by atoms with Crippen LogP contribution in [0.1, 0.15) is 38.9 Å². The maximum Gasteiger partial charge on any atom is 0.161 e. The Labute approximate surface area is 121 Å². The molecule has 0 radical (unpaired) electrons. The lowest BCUT2D eigenvalue weighted by Crippen LogP contribution is -2.39. The summed E-state index contributed by atoms with van der Waals surface area (Å²) in [7, 11) is 0. The molecule has 1 aliphatic rings. The number of benzene rings is 1. The minimum Gasteiger partial charge on any atom is -0.486 e. The number of rotatable bonds is 6. The van der Waals surface area contributed by atoms with Crippen molar-refractivity contribution in [2.45, 2.75) is 39.3 Å². The molecule has 20 heavy (non-hydrogen) atoms. The van der Waals surface area contributed by atoms with Crippen molar-refractivity contribution in [3.63, 3.8) is 0 Å². The fraction of sp³-hybridized carbons (Fsp3) is 0.625. The lowest BCUT2D eigenvalue weighted by atomic mass is 9.93. The van der Waals surface area contributed by atoms with E-state index in [1.54, 1.807) is 0 Å². The number of ether oxygens (including phenoxy) is 2. The molecule has 0 aliphatic carbocycles. The molecule has 2 rings (SSSR count). The number of hydrogen-bond donors (Lipinski definition) is 2. The van der Waals surface area contributed by atoms with Gasteiger partial charge >= 0.3 is 0 Å². The van der Waals surface area contributed by atoms with Crippen LogP contribution in [-0.4, -0.2) is 30.9 Å². The van der Waals surface area contributed by atoms with Crippen LogP contribution >= 0.6 is 0 Å². The molecular weight excluding hydrogens is 254 g/mol. The smallest absolute Gasteiger partial charge is 0.161 e. The quantitative estimate of drug-likeness (QED) is 0.840. The van der Waals surface area contributed by atoms with Crippen molar-refractivity contribution in [1.82, 2.24) is 5.32 Å². The Kier molecular flexibility index (Phi) is 5.26. The summed E-state index contributed by atoms with van der Waals surface area (Å²) in [5.74, 6) is 1.84. The van der Waals surface area contributed by atoms with Crippen LogP contribution < -0.4 is 14.8 Å². The number of nitrogens with one attached hydrogen (secondary N) is 1. The molecule has 2 atom stereocenters. The van der Waals surface area contributed by atoms with Gasteiger partial charge in [-0.05, 0) is 36.6 Å². The van der Waals surface area contributed by atoms with Crippen LogP contribution in [0, 0.1) is 5.92 Å². The van der Waals surface area contributed by atoms with Crippen LogP contribution in [0.3, 0.4) is 0 Å². The average molecular weight is 279 g/mol. The molecule has 2 N–H and O–H groups in total. The lowest BCUT2D eigenvalue weighted by Gasteiger charge is -2.28. The number of aliphatic hydroxyl groups is 1. The molecule has 4 heteroatoms. The zero-order valence-corrected chi connectivity index (χ0v) is 12.6. The van der Waals surface area contributed by atoms with Gasteiger partial charge in [0.2, 0.25) is 0 Å². The molecule has 0 saturated carbocycles. The second kappa shape index (κ2) is 6.95. The second-order valence-corrected chi connectivity index (χ2v) is 5.57. The van der Waals surface area contributed by atoms with Gasteiger partial charge in [-0.15, -0.1) is 0 Å². The molecule has 0 bridgehead atoms. The molecule has 0 fully saturated rings. The third kappa shape index (κ3) is 3.44. The van der Waals surface area contributed by atoms with Gasteiger partial charge in [0.25, 0.3) is 0 Å². The predicted molar refractivity (Wildman–Crippen MR) is 79.3 cm³/mol. The van der Waals surface area contributed by atoms with Crippen molar-refractivity contribution >= 4 is 0 Å². The Morgan fingerprint density at radius 3 is 2.55 bits per heavy atom. The highest BCUT2D eigenvalue weighted by molar-refractivity contribution is 5.44. The van der Waals surface area contributed by atoms with Crippen molar-refractivity contribution < 1.29 is 14.6 Å². The summed E-state index contributed by atoms with van der Waals surface area (Å²) in [6, 6.07) is 5.73. The fourth-order valence-electron chi connectivity index (χ4n) is 2.47. The Bertz CT molecular complexity index is 434. The van der Waals surface area contributed by atoms with E-state index in [-0.39, 0.29) is 6.04 Å². The van der Waals surface area contributed by atoms with Crippen LogP contribution in [0.4, 0.5) is 0 Å². The zero-order chi connectivity index (χ0) is 14.5. The van der Waals surface area contributed by atoms with Gasteiger partial charge in [0, 0.05) is 6.04 Å². The first kappa shape index (κ1) is 15.1. The van der Waals surface area contributed by atoms with Crippen LogP contribution in [0.5, 0.6) is 11.5 Å². The van der Waals surface area contributed by atoms with E-state index in [1.165, 1.54) is 0 Å². The molecule has 1 aromatic rings. The monoisotopic (exact) mass is 279 g/mol. The maximum atomic E-state index is 10.6. The van der Waals surface area contributed by atoms with Gasteiger partial charge < -0.3 is 19.9 Å². The van der Waals surface area contributed by atoms with E-state index in [4.69, 9.17) is 9.47 Å². The largest absolute Gasteiger partial charge is 0.486 e. The van der Waals surface area contributed by atoms with Gasteiger partial charge in [0.05, 0.1) is 6.10 Å². The van der Waals surface area contributed by atoms with E-state index in [2.05, 4.69) is 26.1 Å². The first-order valence-corrected chi connectivity index (χ1v) is 7.44. The number of aliphatic hydroxyl groups excluding tert-OH is 1.